The van der Waals surface area contributed by atoms with E-state index >= 15 is 0 Å². The number of amides is 1. The van der Waals surface area contributed by atoms with E-state index in [9.17, 15) is 26.4 Å². The smallest absolute Gasteiger partial charge is 0.251 e. The Bertz CT molecular complexity index is 1200. The third-order valence-electron chi connectivity index (χ3n) is 7.17. The van der Waals surface area contributed by atoms with Gasteiger partial charge >= 0.3 is 0 Å². The molecule has 2 heterocycles. The Kier molecular flexibility index (Phi) is 7.91. The summed E-state index contributed by atoms with van der Waals surface area (Å²) in [7, 11) is -2.10. The maximum absolute atomic E-state index is 14.1. The highest BCUT2D eigenvalue weighted by atomic mass is 32.2. The van der Waals surface area contributed by atoms with Crippen molar-refractivity contribution in [2.24, 2.45) is 11.7 Å². The summed E-state index contributed by atoms with van der Waals surface area (Å²) in [5.41, 5.74) is 6.74. The van der Waals surface area contributed by atoms with Crippen molar-refractivity contribution in [3.63, 3.8) is 0 Å². The van der Waals surface area contributed by atoms with Crippen LogP contribution in [0.15, 0.2) is 36.4 Å². The predicted molar refractivity (Wildman–Crippen MR) is 128 cm³/mol. The maximum Gasteiger partial charge on any atom is 0.251 e. The van der Waals surface area contributed by atoms with E-state index in [0.29, 0.717) is 43.1 Å². The number of sulfonamides is 1. The van der Waals surface area contributed by atoms with Gasteiger partial charge in [0.2, 0.25) is 10.0 Å². The van der Waals surface area contributed by atoms with Crippen molar-refractivity contribution in [1.29, 1.82) is 0 Å². The van der Waals surface area contributed by atoms with Gasteiger partial charge in [0.1, 0.15) is 11.6 Å². The molecule has 0 spiro atoms. The Morgan fingerprint density at radius 1 is 1.08 bits per heavy atom. The number of carbonyl (C=O) groups is 1. The lowest BCUT2D eigenvalue weighted by atomic mass is 9.83. The van der Waals surface area contributed by atoms with E-state index in [1.807, 2.05) is 0 Å². The van der Waals surface area contributed by atoms with Crippen LogP contribution in [0.25, 0.3) is 0 Å². The van der Waals surface area contributed by atoms with Crippen molar-refractivity contribution in [2.75, 3.05) is 19.4 Å². The van der Waals surface area contributed by atoms with Gasteiger partial charge in [-0.2, -0.15) is 4.31 Å². The minimum absolute atomic E-state index is 0.0106. The number of carbonyl (C=O) groups excluding carboxylic acids is 1. The lowest BCUT2D eigenvalue weighted by Gasteiger charge is -2.40. The lowest BCUT2D eigenvalue weighted by molar-refractivity contribution is 0.0956. The van der Waals surface area contributed by atoms with E-state index in [1.165, 1.54) is 7.11 Å². The third kappa shape index (κ3) is 5.68. The SMILES string of the molecule is COc1ccc(C(=O)NCCS(=O)(=O)N2[C@@H]3CC[C@H]2C[C@H](C(N)Cc2cc(F)c(F)cc2F)C3)cc1. The monoisotopic (exact) mass is 525 g/mol. The average molecular weight is 526 g/mol. The van der Waals surface area contributed by atoms with Crippen molar-refractivity contribution < 1.29 is 31.1 Å². The number of fused-ring (bicyclic) bond motifs is 2. The van der Waals surface area contributed by atoms with Crippen LogP contribution < -0.4 is 15.8 Å². The van der Waals surface area contributed by atoms with Crippen LogP contribution in [0.1, 0.15) is 41.6 Å². The Balaban J connectivity index is 1.33. The first-order valence-electron chi connectivity index (χ1n) is 11.9. The maximum atomic E-state index is 14.1. The van der Waals surface area contributed by atoms with Gasteiger partial charge in [-0.1, -0.05) is 0 Å². The average Bonchev–Trinajstić information content (AvgIpc) is 3.13. The van der Waals surface area contributed by atoms with Crippen LogP contribution in [-0.4, -0.2) is 56.2 Å². The number of nitrogens with one attached hydrogen (secondary N) is 1. The molecule has 4 rings (SSSR count). The van der Waals surface area contributed by atoms with Crippen molar-refractivity contribution in [3.8, 4) is 5.75 Å². The summed E-state index contributed by atoms with van der Waals surface area (Å²) >= 11 is 0. The first-order chi connectivity index (χ1) is 17.1. The van der Waals surface area contributed by atoms with Crippen molar-refractivity contribution >= 4 is 15.9 Å². The van der Waals surface area contributed by atoms with Gasteiger partial charge in [0, 0.05) is 36.3 Å². The largest absolute Gasteiger partial charge is 0.497 e. The van der Waals surface area contributed by atoms with Crippen LogP contribution in [-0.2, 0) is 16.4 Å². The number of rotatable bonds is 9. The van der Waals surface area contributed by atoms with E-state index in [2.05, 4.69) is 5.32 Å². The van der Waals surface area contributed by atoms with Crippen LogP contribution in [0.2, 0.25) is 0 Å². The highest BCUT2D eigenvalue weighted by Crippen LogP contribution is 2.42. The van der Waals surface area contributed by atoms with Crippen LogP contribution in [0.5, 0.6) is 5.75 Å². The summed E-state index contributed by atoms with van der Waals surface area (Å²) in [4.78, 5) is 12.3. The molecule has 196 valence electrons. The normalized spacial score (nSPS) is 22.9. The van der Waals surface area contributed by atoms with Crippen LogP contribution in [0.4, 0.5) is 13.2 Å². The van der Waals surface area contributed by atoms with Gasteiger partial charge in [-0.15, -0.1) is 0 Å². The van der Waals surface area contributed by atoms with Crippen molar-refractivity contribution in [1.82, 2.24) is 9.62 Å². The van der Waals surface area contributed by atoms with E-state index in [0.717, 1.165) is 6.07 Å². The highest BCUT2D eigenvalue weighted by molar-refractivity contribution is 7.89. The summed E-state index contributed by atoms with van der Waals surface area (Å²) in [5.74, 6) is -3.27. The molecule has 2 bridgehead atoms. The second-order valence-corrected chi connectivity index (χ2v) is 11.5. The molecule has 36 heavy (non-hydrogen) atoms. The number of piperidine rings is 1. The molecule has 0 aliphatic carbocycles. The summed E-state index contributed by atoms with van der Waals surface area (Å²) < 4.78 is 73.7. The number of benzene rings is 2. The molecular formula is C25H30F3N3O4S. The number of halogens is 3. The predicted octanol–water partition coefficient (Wildman–Crippen LogP) is 2.99. The molecule has 1 amide bonds. The Morgan fingerprint density at radius 3 is 2.31 bits per heavy atom. The standard InChI is InChI=1S/C25H30F3N3O4S/c1-35-20-6-2-15(3-7-20)25(32)30-8-9-36(33,34)31-18-4-5-19(31)11-17(10-18)24(29)13-16-12-22(27)23(28)14-21(16)26/h2-3,6-7,12,14,17-19,24H,4-5,8-11,13,29H2,1H3,(H,30,32)/t17-,18-,19+,24?. The fraction of sp³-hybridized carbons (Fsp3) is 0.480. The number of ether oxygens (including phenoxy) is 1. The summed E-state index contributed by atoms with van der Waals surface area (Å²) in [6, 6.07) is 6.89. The first kappa shape index (κ1) is 26.4. The molecule has 0 radical (unpaired) electrons. The van der Waals surface area contributed by atoms with Gasteiger partial charge in [-0.05, 0) is 73.9 Å². The Labute approximate surface area is 208 Å². The molecule has 2 aromatic rings. The first-order valence-corrected chi connectivity index (χ1v) is 13.5. The zero-order chi connectivity index (χ0) is 26.0. The molecule has 2 saturated heterocycles. The second kappa shape index (κ2) is 10.8. The fourth-order valence-electron chi connectivity index (χ4n) is 5.36. The molecule has 2 aromatic carbocycles. The molecule has 2 aliphatic heterocycles. The molecule has 3 N–H and O–H groups in total. The minimum Gasteiger partial charge on any atom is -0.497 e. The Morgan fingerprint density at radius 2 is 1.69 bits per heavy atom. The number of hydrogen-bond acceptors (Lipinski definition) is 5. The molecule has 2 aliphatic rings. The molecule has 7 nitrogen and oxygen atoms in total. The highest BCUT2D eigenvalue weighted by Gasteiger charge is 2.47. The molecule has 11 heteroatoms. The number of nitrogens with zero attached hydrogens (tertiary/aromatic N) is 1. The Hall–Kier alpha value is -2.63. The second-order valence-electron chi connectivity index (χ2n) is 9.47. The van der Waals surface area contributed by atoms with E-state index in [-0.39, 0.29) is 48.2 Å². The van der Waals surface area contributed by atoms with E-state index in [4.69, 9.17) is 10.5 Å². The third-order valence-corrected chi connectivity index (χ3v) is 9.13. The van der Waals surface area contributed by atoms with Gasteiger partial charge in [0.25, 0.3) is 5.91 Å². The minimum atomic E-state index is -3.63. The van der Waals surface area contributed by atoms with Gasteiger partial charge < -0.3 is 15.8 Å². The molecule has 1 unspecified atom stereocenters. The molecule has 0 aromatic heterocycles. The van der Waals surface area contributed by atoms with Crippen molar-refractivity contribution in [3.05, 3.63) is 65.0 Å². The fourth-order valence-corrected chi connectivity index (χ4v) is 7.23. The number of nitrogens with two attached hydrogens (primary N) is 1. The molecule has 2 fully saturated rings. The van der Waals surface area contributed by atoms with Gasteiger partial charge in [0.15, 0.2) is 11.6 Å². The summed E-state index contributed by atoms with van der Waals surface area (Å²) in [5, 5.41) is 2.65. The quantitative estimate of drug-likeness (QED) is 0.490. The van der Waals surface area contributed by atoms with E-state index in [1.54, 1.807) is 28.6 Å². The number of methoxy groups -OCH3 is 1. The van der Waals surface area contributed by atoms with Gasteiger partial charge in [0.05, 0.1) is 12.9 Å². The summed E-state index contributed by atoms with van der Waals surface area (Å²) in [6.45, 7) is -0.0263. The number of hydrogen-bond donors (Lipinski definition) is 2. The van der Waals surface area contributed by atoms with E-state index < -0.39 is 33.5 Å². The van der Waals surface area contributed by atoms with Crippen molar-refractivity contribution in [2.45, 2.75) is 50.2 Å². The molecule has 4 atom stereocenters. The van der Waals surface area contributed by atoms with Gasteiger partial charge in [-0.3, -0.25) is 4.79 Å². The molecule has 0 saturated carbocycles. The topological polar surface area (TPSA) is 102 Å². The van der Waals surface area contributed by atoms with Gasteiger partial charge in [-0.25, -0.2) is 21.6 Å². The van der Waals surface area contributed by atoms with Crippen LogP contribution in [0.3, 0.4) is 0 Å². The van der Waals surface area contributed by atoms with Crippen LogP contribution >= 0.6 is 0 Å². The zero-order valence-electron chi connectivity index (χ0n) is 19.9. The summed E-state index contributed by atoms with van der Waals surface area (Å²) in [6.07, 6.45) is 2.47. The lowest BCUT2D eigenvalue weighted by Crippen LogP contribution is -2.51. The zero-order valence-corrected chi connectivity index (χ0v) is 20.7. The van der Waals surface area contributed by atoms with Crippen LogP contribution in [0, 0.1) is 23.4 Å². The molecular weight excluding hydrogens is 495 g/mol.